The molecule has 4 N–H and O–H groups in total. The predicted molar refractivity (Wildman–Crippen MR) is 101 cm³/mol. The molecule has 6 heteroatoms. The molecule has 0 fully saturated rings. The zero-order valence-corrected chi connectivity index (χ0v) is 14.4. The first-order valence-corrected chi connectivity index (χ1v) is 8.22. The van der Waals surface area contributed by atoms with Gasteiger partial charge in [0.2, 0.25) is 0 Å². The second-order valence-electron chi connectivity index (χ2n) is 5.40. The van der Waals surface area contributed by atoms with Gasteiger partial charge < -0.3 is 16.4 Å². The summed E-state index contributed by atoms with van der Waals surface area (Å²) in [6.07, 6.45) is 3.26. The third-order valence-electron chi connectivity index (χ3n) is 3.50. The lowest BCUT2D eigenvalue weighted by atomic mass is 10.1. The minimum Gasteiger partial charge on any atom is -0.398 e. The number of carbonyl (C=O) groups excluding carboxylic acids is 1. The first kappa shape index (κ1) is 18.4. The number of nitrogen functional groups attached to an aromatic ring is 1. The van der Waals surface area contributed by atoms with Crippen molar-refractivity contribution in [2.24, 2.45) is 0 Å². The van der Waals surface area contributed by atoms with E-state index in [1.54, 1.807) is 12.1 Å². The first-order valence-electron chi connectivity index (χ1n) is 7.84. The fraction of sp³-hybridized carbons (Fsp3) is 0.158. The van der Waals surface area contributed by atoms with E-state index < -0.39 is 5.91 Å². The highest BCUT2D eigenvalue weighted by atomic mass is 35.5. The van der Waals surface area contributed by atoms with Crippen molar-refractivity contribution in [3.63, 3.8) is 0 Å². The fourth-order valence-corrected chi connectivity index (χ4v) is 2.35. The molecule has 0 spiro atoms. The first-order chi connectivity index (χ1) is 12.1. The molecule has 0 saturated heterocycles. The maximum absolute atomic E-state index is 12.1. The number of nitrogens with one attached hydrogen (secondary N) is 2. The van der Waals surface area contributed by atoms with Gasteiger partial charge in [0.05, 0.1) is 10.7 Å². The van der Waals surface area contributed by atoms with Crippen molar-refractivity contribution in [3.8, 4) is 6.07 Å². The molecule has 128 valence electrons. The van der Waals surface area contributed by atoms with E-state index in [0.29, 0.717) is 22.9 Å². The van der Waals surface area contributed by atoms with Crippen LogP contribution in [0.3, 0.4) is 0 Å². The topological polar surface area (TPSA) is 90.9 Å². The molecular weight excluding hydrogens is 336 g/mol. The second kappa shape index (κ2) is 9.36. The highest BCUT2D eigenvalue weighted by Gasteiger charge is 2.09. The number of anilines is 2. The highest BCUT2D eigenvalue weighted by molar-refractivity contribution is 6.33. The standard InChI is InChI=1S/C19H19ClN4O/c20-17-11-16(8-9-18(17)22)24-19(25)15(12-21)13-23-10-4-7-14-5-2-1-3-6-14/h1-3,5-6,8-9,11,13,23H,4,7,10,22H2,(H,24,25)/b15-13-. The normalized spacial score (nSPS) is 10.8. The number of nitrogens with two attached hydrogens (primary N) is 1. The van der Waals surface area contributed by atoms with E-state index in [1.807, 2.05) is 24.3 Å². The van der Waals surface area contributed by atoms with Gasteiger partial charge in [-0.25, -0.2) is 0 Å². The average Bonchev–Trinajstić information content (AvgIpc) is 2.62. The van der Waals surface area contributed by atoms with Crippen molar-refractivity contribution >= 4 is 28.9 Å². The minimum atomic E-state index is -0.501. The van der Waals surface area contributed by atoms with Crippen LogP contribution in [-0.4, -0.2) is 12.5 Å². The van der Waals surface area contributed by atoms with Gasteiger partial charge in [-0.2, -0.15) is 5.26 Å². The molecule has 25 heavy (non-hydrogen) atoms. The molecule has 0 bridgehead atoms. The van der Waals surface area contributed by atoms with E-state index in [-0.39, 0.29) is 5.57 Å². The van der Waals surface area contributed by atoms with Crippen LogP contribution in [0.15, 0.2) is 60.3 Å². The van der Waals surface area contributed by atoms with Gasteiger partial charge in [0, 0.05) is 18.4 Å². The molecule has 0 aliphatic carbocycles. The molecule has 0 atom stereocenters. The van der Waals surface area contributed by atoms with E-state index in [0.717, 1.165) is 12.8 Å². The van der Waals surface area contributed by atoms with Gasteiger partial charge >= 0.3 is 0 Å². The number of nitriles is 1. The van der Waals surface area contributed by atoms with Crippen LogP contribution in [0, 0.1) is 11.3 Å². The third-order valence-corrected chi connectivity index (χ3v) is 3.83. The van der Waals surface area contributed by atoms with Crippen molar-refractivity contribution in [2.75, 3.05) is 17.6 Å². The van der Waals surface area contributed by atoms with Crippen molar-refractivity contribution in [1.82, 2.24) is 5.32 Å². The number of halogens is 1. The Morgan fingerprint density at radius 3 is 2.68 bits per heavy atom. The highest BCUT2D eigenvalue weighted by Crippen LogP contribution is 2.22. The van der Waals surface area contributed by atoms with Crippen LogP contribution in [0.25, 0.3) is 0 Å². The van der Waals surface area contributed by atoms with Crippen LogP contribution in [0.4, 0.5) is 11.4 Å². The Bertz CT molecular complexity index is 797. The van der Waals surface area contributed by atoms with Crippen LogP contribution in [0.2, 0.25) is 5.02 Å². The van der Waals surface area contributed by atoms with Gasteiger partial charge in [-0.1, -0.05) is 41.9 Å². The van der Waals surface area contributed by atoms with Gasteiger partial charge in [-0.15, -0.1) is 0 Å². The molecule has 0 aliphatic rings. The minimum absolute atomic E-state index is 0.00680. The molecule has 0 unspecified atom stereocenters. The van der Waals surface area contributed by atoms with Crippen LogP contribution in [0.1, 0.15) is 12.0 Å². The number of benzene rings is 2. The molecular formula is C19H19ClN4O. The van der Waals surface area contributed by atoms with E-state index >= 15 is 0 Å². The van der Waals surface area contributed by atoms with Crippen molar-refractivity contribution < 1.29 is 4.79 Å². The largest absolute Gasteiger partial charge is 0.398 e. The quantitative estimate of drug-likeness (QED) is 0.307. The Labute approximate surface area is 152 Å². The summed E-state index contributed by atoms with van der Waals surface area (Å²) in [4.78, 5) is 12.1. The van der Waals surface area contributed by atoms with Crippen LogP contribution in [0.5, 0.6) is 0 Å². The predicted octanol–water partition coefficient (Wildman–Crippen LogP) is 3.49. The maximum Gasteiger partial charge on any atom is 0.267 e. The van der Waals surface area contributed by atoms with E-state index in [1.165, 1.54) is 17.8 Å². The molecule has 2 aromatic rings. The van der Waals surface area contributed by atoms with E-state index in [4.69, 9.17) is 22.6 Å². The molecule has 0 radical (unpaired) electrons. The smallest absolute Gasteiger partial charge is 0.267 e. The van der Waals surface area contributed by atoms with Gasteiger partial charge in [0.15, 0.2) is 0 Å². The zero-order valence-electron chi connectivity index (χ0n) is 13.6. The summed E-state index contributed by atoms with van der Waals surface area (Å²) in [5.41, 5.74) is 7.78. The molecule has 2 rings (SSSR count). The van der Waals surface area contributed by atoms with Crippen molar-refractivity contribution in [2.45, 2.75) is 12.8 Å². The fourth-order valence-electron chi connectivity index (χ4n) is 2.17. The van der Waals surface area contributed by atoms with Crippen molar-refractivity contribution in [3.05, 3.63) is 70.9 Å². The Hall–Kier alpha value is -2.97. The SMILES string of the molecule is N#C/C(=C/NCCCc1ccccc1)C(=O)Nc1ccc(N)c(Cl)c1. The average molecular weight is 355 g/mol. The Balaban J connectivity index is 1.83. The van der Waals surface area contributed by atoms with Crippen LogP contribution < -0.4 is 16.4 Å². The molecule has 2 aromatic carbocycles. The Kier molecular flexibility index (Phi) is 6.87. The second-order valence-corrected chi connectivity index (χ2v) is 5.81. The lowest BCUT2D eigenvalue weighted by molar-refractivity contribution is -0.112. The van der Waals surface area contributed by atoms with E-state index in [2.05, 4.69) is 22.8 Å². The maximum atomic E-state index is 12.1. The van der Waals surface area contributed by atoms with Crippen LogP contribution in [-0.2, 0) is 11.2 Å². The Morgan fingerprint density at radius 2 is 2.00 bits per heavy atom. The summed E-state index contributed by atoms with van der Waals surface area (Å²) in [5.74, 6) is -0.501. The molecule has 0 saturated carbocycles. The van der Waals surface area contributed by atoms with Gasteiger partial charge in [-0.3, -0.25) is 4.79 Å². The van der Waals surface area contributed by atoms with Crippen LogP contribution >= 0.6 is 11.6 Å². The van der Waals surface area contributed by atoms with Gasteiger partial charge in [-0.05, 0) is 36.6 Å². The number of nitrogens with zero attached hydrogens (tertiary/aromatic N) is 1. The summed E-state index contributed by atoms with van der Waals surface area (Å²) in [6, 6.07) is 16.8. The lowest BCUT2D eigenvalue weighted by Gasteiger charge is -2.07. The summed E-state index contributed by atoms with van der Waals surface area (Å²) in [5, 5.41) is 15.1. The number of aryl methyl sites for hydroxylation is 1. The summed E-state index contributed by atoms with van der Waals surface area (Å²) >= 11 is 5.91. The van der Waals surface area contributed by atoms with Gasteiger partial charge in [0.1, 0.15) is 11.6 Å². The molecule has 5 nitrogen and oxygen atoms in total. The molecule has 0 aliphatic heterocycles. The third kappa shape index (κ3) is 5.87. The van der Waals surface area contributed by atoms with Crippen molar-refractivity contribution in [1.29, 1.82) is 5.26 Å². The monoisotopic (exact) mass is 354 g/mol. The molecule has 1 amide bonds. The number of carbonyl (C=O) groups is 1. The zero-order chi connectivity index (χ0) is 18.1. The number of rotatable bonds is 7. The van der Waals surface area contributed by atoms with E-state index in [9.17, 15) is 4.79 Å². The number of amides is 1. The summed E-state index contributed by atoms with van der Waals surface area (Å²) < 4.78 is 0. The Morgan fingerprint density at radius 1 is 1.24 bits per heavy atom. The summed E-state index contributed by atoms with van der Waals surface area (Å²) in [6.45, 7) is 0.668. The number of hydrogen-bond acceptors (Lipinski definition) is 4. The summed E-state index contributed by atoms with van der Waals surface area (Å²) in [7, 11) is 0. The number of hydrogen-bond donors (Lipinski definition) is 3. The van der Waals surface area contributed by atoms with Gasteiger partial charge in [0.25, 0.3) is 5.91 Å². The lowest BCUT2D eigenvalue weighted by Crippen LogP contribution is -2.17. The molecule has 0 aromatic heterocycles. The molecule has 0 heterocycles.